The number of carbonyl (C=O) groups excluding carboxylic acids is 3. The van der Waals surface area contributed by atoms with Crippen LogP contribution in [0.15, 0.2) is 30.3 Å². The van der Waals surface area contributed by atoms with Crippen molar-refractivity contribution in [3.05, 3.63) is 35.9 Å². The molecule has 0 radical (unpaired) electrons. The predicted octanol–water partition coefficient (Wildman–Crippen LogP) is -1.09. The van der Waals surface area contributed by atoms with E-state index in [0.717, 1.165) is 5.56 Å². The Balaban J connectivity index is 2.45. The van der Waals surface area contributed by atoms with Crippen LogP contribution >= 0.6 is 0 Å². The molecule has 0 heterocycles. The number of primary amides is 1. The zero-order valence-electron chi connectivity index (χ0n) is 10.00. The van der Waals surface area contributed by atoms with Gasteiger partial charge in [0.2, 0.25) is 5.91 Å². The van der Waals surface area contributed by atoms with E-state index in [2.05, 4.69) is 0 Å². The number of carboxylic acid groups (broad SMARTS) is 1. The zero-order valence-corrected chi connectivity index (χ0v) is 10.00. The lowest BCUT2D eigenvalue weighted by atomic mass is 10.2. The largest absolute Gasteiger partial charge is 0.548 e. The number of hydrogen-bond donors (Lipinski definition) is 2. The smallest absolute Gasteiger partial charge is 0.408 e. The normalized spacial score (nSPS) is 11.4. The molecular weight excluding hydrogens is 252 g/mol. The highest BCUT2D eigenvalue weighted by Crippen LogP contribution is 2.01. The number of nitrogens with one attached hydrogen (secondary N) is 1. The fraction of sp³-hybridized carbons (Fsp3) is 0.250. The Morgan fingerprint density at radius 3 is 2.42 bits per heavy atom. The highest BCUT2D eigenvalue weighted by atomic mass is 16.5. The van der Waals surface area contributed by atoms with E-state index in [1.54, 1.807) is 24.3 Å². The highest BCUT2D eigenvalue weighted by Gasteiger charge is 2.16. The number of aliphatic carboxylic acids is 1. The maximum Gasteiger partial charge on any atom is 0.408 e. The van der Waals surface area contributed by atoms with Gasteiger partial charge in [0.25, 0.3) is 0 Å². The molecule has 1 rings (SSSR count). The van der Waals surface area contributed by atoms with E-state index >= 15 is 0 Å². The van der Waals surface area contributed by atoms with Gasteiger partial charge in [0.1, 0.15) is 6.61 Å². The molecule has 7 nitrogen and oxygen atoms in total. The summed E-state index contributed by atoms with van der Waals surface area (Å²) in [6, 6.07) is 7.34. The molecule has 0 saturated heterocycles. The Morgan fingerprint density at radius 1 is 1.26 bits per heavy atom. The summed E-state index contributed by atoms with van der Waals surface area (Å²) in [6.45, 7) is -0.0109. The number of rotatable bonds is 6. The molecule has 1 atom stereocenters. The van der Waals surface area contributed by atoms with Crippen molar-refractivity contribution < 1.29 is 24.2 Å². The SMILES string of the molecule is NC(=O)C[C@@H](NC(=O)OCc1ccccc1)C(=O)[O-]. The first-order valence-electron chi connectivity index (χ1n) is 5.45. The molecule has 0 aromatic heterocycles. The minimum Gasteiger partial charge on any atom is -0.548 e. The summed E-state index contributed by atoms with van der Waals surface area (Å²) in [4.78, 5) is 32.6. The van der Waals surface area contributed by atoms with Crippen LogP contribution in [0.2, 0.25) is 0 Å². The van der Waals surface area contributed by atoms with Gasteiger partial charge in [0, 0.05) is 0 Å². The Kier molecular flexibility index (Phi) is 5.34. The highest BCUT2D eigenvalue weighted by molar-refractivity contribution is 5.85. The van der Waals surface area contributed by atoms with E-state index in [-0.39, 0.29) is 6.61 Å². The van der Waals surface area contributed by atoms with Crippen LogP contribution in [0.5, 0.6) is 0 Å². The lowest BCUT2D eigenvalue weighted by Gasteiger charge is -2.17. The number of benzene rings is 1. The van der Waals surface area contributed by atoms with Gasteiger partial charge in [-0.15, -0.1) is 0 Å². The molecule has 1 aromatic rings. The Bertz CT molecular complexity index is 460. The molecule has 0 fully saturated rings. The van der Waals surface area contributed by atoms with Crippen LogP contribution < -0.4 is 16.2 Å². The summed E-state index contributed by atoms with van der Waals surface area (Å²) in [5, 5.41) is 12.6. The molecule has 2 amide bonds. The van der Waals surface area contributed by atoms with Gasteiger partial charge in [0.05, 0.1) is 18.4 Å². The van der Waals surface area contributed by atoms with E-state index in [1.165, 1.54) is 0 Å². The number of alkyl carbamates (subject to hydrolysis) is 1. The zero-order chi connectivity index (χ0) is 14.3. The summed E-state index contributed by atoms with van der Waals surface area (Å²) >= 11 is 0. The van der Waals surface area contributed by atoms with Crippen LogP contribution in [0.4, 0.5) is 4.79 Å². The number of nitrogens with two attached hydrogens (primary N) is 1. The van der Waals surface area contributed by atoms with Crippen molar-refractivity contribution in [2.24, 2.45) is 5.73 Å². The van der Waals surface area contributed by atoms with E-state index in [1.807, 2.05) is 11.4 Å². The first-order chi connectivity index (χ1) is 8.99. The molecule has 0 bridgehead atoms. The lowest BCUT2D eigenvalue weighted by molar-refractivity contribution is -0.308. The minimum absolute atomic E-state index is 0.0109. The fourth-order valence-corrected chi connectivity index (χ4v) is 1.30. The second-order valence-electron chi connectivity index (χ2n) is 3.75. The topological polar surface area (TPSA) is 122 Å². The summed E-state index contributed by atoms with van der Waals surface area (Å²) in [5.74, 6) is -2.46. The summed E-state index contributed by atoms with van der Waals surface area (Å²) < 4.78 is 4.80. The Hall–Kier alpha value is -2.57. The van der Waals surface area contributed by atoms with E-state index in [4.69, 9.17) is 10.5 Å². The number of carbonyl (C=O) groups is 3. The van der Waals surface area contributed by atoms with Crippen LogP contribution in [0, 0.1) is 0 Å². The number of ether oxygens (including phenoxy) is 1. The predicted molar refractivity (Wildman–Crippen MR) is 62.4 cm³/mol. The van der Waals surface area contributed by atoms with Gasteiger partial charge in [-0.05, 0) is 5.56 Å². The van der Waals surface area contributed by atoms with Gasteiger partial charge >= 0.3 is 6.09 Å². The van der Waals surface area contributed by atoms with Gasteiger partial charge in [-0.2, -0.15) is 0 Å². The second kappa shape index (κ2) is 7.00. The molecule has 0 aliphatic rings. The fourth-order valence-electron chi connectivity index (χ4n) is 1.30. The van der Waals surface area contributed by atoms with Crippen molar-refractivity contribution in [2.45, 2.75) is 19.1 Å². The minimum atomic E-state index is -1.60. The second-order valence-corrected chi connectivity index (χ2v) is 3.75. The molecule has 1 aromatic carbocycles. The molecule has 0 aliphatic carbocycles. The number of hydrogen-bond acceptors (Lipinski definition) is 5. The number of amides is 2. The maximum atomic E-state index is 11.3. The molecule has 0 spiro atoms. The molecule has 0 saturated carbocycles. The first kappa shape index (κ1) is 14.5. The van der Waals surface area contributed by atoms with Gasteiger partial charge in [-0.3, -0.25) is 4.79 Å². The van der Waals surface area contributed by atoms with E-state index in [0.29, 0.717) is 0 Å². The third-order valence-corrected chi connectivity index (χ3v) is 2.19. The van der Waals surface area contributed by atoms with Gasteiger partial charge in [-0.25, -0.2) is 4.79 Å². The monoisotopic (exact) mass is 265 g/mol. The van der Waals surface area contributed by atoms with Crippen LogP contribution in [0.1, 0.15) is 12.0 Å². The molecule has 7 heteroatoms. The molecule has 3 N–H and O–H groups in total. The van der Waals surface area contributed by atoms with Crippen LogP contribution in [-0.2, 0) is 20.9 Å². The maximum absolute atomic E-state index is 11.3. The molecule has 0 unspecified atom stereocenters. The first-order valence-corrected chi connectivity index (χ1v) is 5.45. The average molecular weight is 265 g/mol. The van der Waals surface area contributed by atoms with Crippen molar-refractivity contribution in [3.63, 3.8) is 0 Å². The van der Waals surface area contributed by atoms with E-state index < -0.39 is 30.4 Å². The summed E-state index contributed by atoms with van der Waals surface area (Å²) in [5.41, 5.74) is 5.60. The Labute approximate surface area is 109 Å². The van der Waals surface area contributed by atoms with Crippen LogP contribution in [0.3, 0.4) is 0 Å². The van der Waals surface area contributed by atoms with Gasteiger partial charge < -0.3 is 25.7 Å². The quantitative estimate of drug-likeness (QED) is 0.676. The number of carboxylic acids is 1. The van der Waals surface area contributed by atoms with Crippen molar-refractivity contribution in [2.75, 3.05) is 0 Å². The summed E-state index contributed by atoms with van der Waals surface area (Å²) in [7, 11) is 0. The molecule has 0 aliphatic heterocycles. The third kappa shape index (κ3) is 5.53. The third-order valence-electron chi connectivity index (χ3n) is 2.19. The van der Waals surface area contributed by atoms with Crippen LogP contribution in [0.25, 0.3) is 0 Å². The van der Waals surface area contributed by atoms with E-state index in [9.17, 15) is 19.5 Å². The van der Waals surface area contributed by atoms with Gasteiger partial charge in [0.15, 0.2) is 0 Å². The standard InChI is InChI=1S/C12H14N2O5/c13-10(15)6-9(11(16)17)14-12(18)19-7-8-4-2-1-3-5-8/h1-5,9H,6-7H2,(H2,13,15)(H,14,18)(H,16,17)/p-1/t9-/m1/s1. The van der Waals surface area contributed by atoms with Crippen molar-refractivity contribution in [1.82, 2.24) is 5.32 Å². The molecular formula is C12H13N2O5-. The van der Waals surface area contributed by atoms with Crippen molar-refractivity contribution >= 4 is 18.0 Å². The molecule has 102 valence electrons. The van der Waals surface area contributed by atoms with Crippen LogP contribution in [-0.4, -0.2) is 24.0 Å². The van der Waals surface area contributed by atoms with Crippen molar-refractivity contribution in [1.29, 1.82) is 0 Å². The average Bonchev–Trinajstić information content (AvgIpc) is 2.36. The van der Waals surface area contributed by atoms with Gasteiger partial charge in [-0.1, -0.05) is 30.3 Å². The molecule has 19 heavy (non-hydrogen) atoms. The lowest BCUT2D eigenvalue weighted by Crippen LogP contribution is -2.49. The van der Waals surface area contributed by atoms with Crippen molar-refractivity contribution in [3.8, 4) is 0 Å². The summed E-state index contributed by atoms with van der Waals surface area (Å²) in [6.07, 6.45) is -1.51. The Morgan fingerprint density at radius 2 is 1.89 bits per heavy atom.